The van der Waals surface area contributed by atoms with Crippen LogP contribution in [0, 0.1) is 0 Å². The van der Waals surface area contributed by atoms with Crippen molar-refractivity contribution in [2.75, 3.05) is 25.5 Å². The Labute approximate surface area is 153 Å². The lowest BCUT2D eigenvalue weighted by atomic mass is 10.1. The standard InChI is InChI=1S/C18H21N3O3.ClH/c1-19-12-15-7-3-9-21(15)18(23)13-5-2-6-14(11-13)20-17(22)16-8-4-10-24-16;/h2,4-6,8,10-11,15,19H,3,7,9,12H2,1H3,(H,20,22);1H. The molecule has 1 aromatic carbocycles. The monoisotopic (exact) mass is 363 g/mol. The third-order valence-electron chi connectivity index (χ3n) is 4.19. The Balaban J connectivity index is 0.00000225. The number of amides is 2. The maximum Gasteiger partial charge on any atom is 0.291 e. The summed E-state index contributed by atoms with van der Waals surface area (Å²) in [7, 11) is 1.89. The van der Waals surface area contributed by atoms with Crippen molar-refractivity contribution in [3.8, 4) is 0 Å². The second-order valence-corrected chi connectivity index (χ2v) is 5.86. The van der Waals surface area contributed by atoms with Crippen molar-refractivity contribution >= 4 is 29.9 Å². The van der Waals surface area contributed by atoms with Crippen LogP contribution in [-0.4, -0.2) is 42.9 Å². The van der Waals surface area contributed by atoms with Gasteiger partial charge in [-0.05, 0) is 50.2 Å². The SMILES string of the molecule is CNCC1CCCN1C(=O)c1cccc(NC(=O)c2ccco2)c1.Cl. The molecule has 25 heavy (non-hydrogen) atoms. The van der Waals surface area contributed by atoms with Crippen molar-refractivity contribution in [2.24, 2.45) is 0 Å². The van der Waals surface area contributed by atoms with Crippen LogP contribution in [0.4, 0.5) is 5.69 Å². The van der Waals surface area contributed by atoms with E-state index in [9.17, 15) is 9.59 Å². The molecule has 134 valence electrons. The van der Waals surface area contributed by atoms with Gasteiger partial charge in [-0.3, -0.25) is 9.59 Å². The molecule has 1 atom stereocenters. The Bertz CT molecular complexity index is 718. The highest BCUT2D eigenvalue weighted by Gasteiger charge is 2.28. The van der Waals surface area contributed by atoms with E-state index in [0.29, 0.717) is 11.3 Å². The molecule has 0 aliphatic carbocycles. The van der Waals surface area contributed by atoms with Gasteiger partial charge in [0.2, 0.25) is 0 Å². The average Bonchev–Trinajstić information content (AvgIpc) is 3.26. The van der Waals surface area contributed by atoms with Crippen LogP contribution in [0.3, 0.4) is 0 Å². The molecule has 2 amide bonds. The molecule has 1 aliphatic rings. The second kappa shape index (κ2) is 8.69. The smallest absolute Gasteiger partial charge is 0.291 e. The normalized spacial score (nSPS) is 16.4. The van der Waals surface area contributed by atoms with Crippen molar-refractivity contribution in [1.82, 2.24) is 10.2 Å². The van der Waals surface area contributed by atoms with Crippen molar-refractivity contribution in [3.05, 3.63) is 54.0 Å². The third kappa shape index (κ3) is 4.41. The van der Waals surface area contributed by atoms with Gasteiger partial charge >= 0.3 is 0 Å². The average molecular weight is 364 g/mol. The van der Waals surface area contributed by atoms with Crippen molar-refractivity contribution < 1.29 is 14.0 Å². The highest BCUT2D eigenvalue weighted by molar-refractivity contribution is 6.03. The minimum Gasteiger partial charge on any atom is -0.459 e. The lowest BCUT2D eigenvalue weighted by Gasteiger charge is -2.24. The molecule has 2 N–H and O–H groups in total. The van der Waals surface area contributed by atoms with Crippen LogP contribution in [0.1, 0.15) is 33.8 Å². The Kier molecular flexibility index (Phi) is 6.61. The largest absolute Gasteiger partial charge is 0.459 e. The Morgan fingerprint density at radius 3 is 2.84 bits per heavy atom. The van der Waals surface area contributed by atoms with Crippen LogP contribution in [0.15, 0.2) is 47.1 Å². The summed E-state index contributed by atoms with van der Waals surface area (Å²) in [6, 6.07) is 10.5. The number of carbonyl (C=O) groups is 2. The number of benzene rings is 1. The molecule has 1 aromatic heterocycles. The van der Waals surface area contributed by atoms with Crippen molar-refractivity contribution in [2.45, 2.75) is 18.9 Å². The van der Waals surface area contributed by atoms with E-state index in [1.54, 1.807) is 36.4 Å². The molecular weight excluding hydrogens is 342 g/mol. The van der Waals surface area contributed by atoms with E-state index in [4.69, 9.17) is 4.42 Å². The summed E-state index contributed by atoms with van der Waals surface area (Å²) in [5.74, 6) is -0.0963. The molecule has 0 saturated carbocycles. The van der Waals surface area contributed by atoms with Crippen LogP contribution in [-0.2, 0) is 0 Å². The summed E-state index contributed by atoms with van der Waals surface area (Å²) in [6.45, 7) is 1.56. The summed E-state index contributed by atoms with van der Waals surface area (Å²) < 4.78 is 5.07. The number of nitrogens with one attached hydrogen (secondary N) is 2. The summed E-state index contributed by atoms with van der Waals surface area (Å²) >= 11 is 0. The van der Waals surface area contributed by atoms with Gasteiger partial charge in [0.05, 0.1) is 6.26 Å². The molecule has 2 heterocycles. The first-order valence-corrected chi connectivity index (χ1v) is 8.09. The number of furan rings is 1. The summed E-state index contributed by atoms with van der Waals surface area (Å²) in [4.78, 5) is 26.7. The van der Waals surface area contributed by atoms with Crippen LogP contribution >= 0.6 is 12.4 Å². The van der Waals surface area contributed by atoms with Crippen molar-refractivity contribution in [1.29, 1.82) is 0 Å². The topological polar surface area (TPSA) is 74.6 Å². The van der Waals surface area contributed by atoms with E-state index in [1.807, 2.05) is 11.9 Å². The number of halogens is 1. The van der Waals surface area contributed by atoms with Gasteiger partial charge in [0.1, 0.15) is 0 Å². The number of hydrogen-bond donors (Lipinski definition) is 2. The number of carbonyl (C=O) groups excluding carboxylic acids is 2. The Morgan fingerprint density at radius 1 is 1.28 bits per heavy atom. The van der Waals surface area contributed by atoms with E-state index in [0.717, 1.165) is 25.9 Å². The fourth-order valence-electron chi connectivity index (χ4n) is 3.05. The van der Waals surface area contributed by atoms with Gasteiger partial charge in [-0.15, -0.1) is 12.4 Å². The number of likely N-dealkylation sites (tertiary alicyclic amines) is 1. The lowest BCUT2D eigenvalue weighted by molar-refractivity contribution is 0.0736. The van der Waals surface area contributed by atoms with E-state index in [-0.39, 0.29) is 36.0 Å². The Hall–Kier alpha value is -2.31. The summed E-state index contributed by atoms with van der Waals surface area (Å²) in [5.41, 5.74) is 1.15. The molecule has 1 aliphatic heterocycles. The molecule has 1 saturated heterocycles. The predicted octanol–water partition coefficient (Wildman–Crippen LogP) is 2.78. The molecule has 1 unspecified atom stereocenters. The van der Waals surface area contributed by atoms with E-state index in [1.165, 1.54) is 6.26 Å². The maximum atomic E-state index is 12.8. The first-order chi connectivity index (χ1) is 11.7. The molecule has 2 aromatic rings. The van der Waals surface area contributed by atoms with E-state index in [2.05, 4.69) is 10.6 Å². The zero-order valence-corrected chi connectivity index (χ0v) is 14.8. The van der Waals surface area contributed by atoms with Gasteiger partial charge in [-0.2, -0.15) is 0 Å². The zero-order valence-electron chi connectivity index (χ0n) is 14.0. The van der Waals surface area contributed by atoms with Gasteiger partial charge in [0, 0.05) is 30.4 Å². The molecule has 7 heteroatoms. The van der Waals surface area contributed by atoms with Gasteiger partial charge in [-0.1, -0.05) is 6.07 Å². The molecule has 0 radical (unpaired) electrons. The van der Waals surface area contributed by atoms with Gasteiger partial charge in [0.15, 0.2) is 5.76 Å². The van der Waals surface area contributed by atoms with E-state index >= 15 is 0 Å². The Morgan fingerprint density at radius 2 is 2.12 bits per heavy atom. The number of hydrogen-bond acceptors (Lipinski definition) is 4. The molecule has 3 rings (SSSR count). The van der Waals surface area contributed by atoms with Gasteiger partial charge < -0.3 is 20.0 Å². The van der Waals surface area contributed by atoms with E-state index < -0.39 is 0 Å². The van der Waals surface area contributed by atoms with Crippen LogP contribution in [0.2, 0.25) is 0 Å². The first kappa shape index (κ1) is 19.0. The number of nitrogens with zero attached hydrogens (tertiary/aromatic N) is 1. The highest BCUT2D eigenvalue weighted by atomic mass is 35.5. The summed E-state index contributed by atoms with van der Waals surface area (Å²) in [5, 5.41) is 5.89. The van der Waals surface area contributed by atoms with Crippen molar-refractivity contribution in [3.63, 3.8) is 0 Å². The molecule has 0 spiro atoms. The van der Waals surface area contributed by atoms with Gasteiger partial charge in [0.25, 0.3) is 11.8 Å². The first-order valence-electron chi connectivity index (χ1n) is 8.09. The van der Waals surface area contributed by atoms with Crippen LogP contribution in [0.25, 0.3) is 0 Å². The number of likely N-dealkylation sites (N-methyl/N-ethyl adjacent to an activating group) is 1. The zero-order chi connectivity index (χ0) is 16.9. The fraction of sp³-hybridized carbons (Fsp3) is 0.333. The van der Waals surface area contributed by atoms with Gasteiger partial charge in [-0.25, -0.2) is 0 Å². The quantitative estimate of drug-likeness (QED) is 0.856. The molecule has 6 nitrogen and oxygen atoms in total. The number of anilines is 1. The lowest BCUT2D eigenvalue weighted by Crippen LogP contribution is -2.40. The minimum atomic E-state index is -0.334. The molecule has 1 fully saturated rings. The maximum absolute atomic E-state index is 12.8. The second-order valence-electron chi connectivity index (χ2n) is 5.86. The van der Waals surface area contributed by atoms with Crippen LogP contribution in [0.5, 0.6) is 0 Å². The molecule has 0 bridgehead atoms. The minimum absolute atomic E-state index is 0. The predicted molar refractivity (Wildman–Crippen MR) is 98.3 cm³/mol. The third-order valence-corrected chi connectivity index (χ3v) is 4.19. The number of rotatable bonds is 5. The fourth-order valence-corrected chi connectivity index (χ4v) is 3.05. The highest BCUT2D eigenvalue weighted by Crippen LogP contribution is 2.21. The molecular formula is C18H22ClN3O3. The summed E-state index contributed by atoms with van der Waals surface area (Å²) in [6.07, 6.45) is 3.48. The van der Waals surface area contributed by atoms with Crippen LogP contribution < -0.4 is 10.6 Å².